The molecule has 0 atom stereocenters. The monoisotopic (exact) mass is 877 g/mol. The minimum Gasteiger partial charge on any atom is -0.0683 e. The summed E-state index contributed by atoms with van der Waals surface area (Å²) in [6.07, 6.45) is 0. The third-order valence-corrected chi connectivity index (χ3v) is 9.31. The lowest BCUT2D eigenvalue weighted by Crippen LogP contribution is -1.90. The van der Waals surface area contributed by atoms with Gasteiger partial charge in [-0.05, 0) is 95.4 Å². The molecule has 0 heteroatoms. The minimum absolute atomic E-state index is 1.24. The van der Waals surface area contributed by atoms with Crippen molar-refractivity contribution < 1.29 is 0 Å². The average molecular weight is 877 g/mol. The summed E-state index contributed by atoms with van der Waals surface area (Å²) in [6.45, 7) is 32.0. The highest BCUT2D eigenvalue weighted by atomic mass is 14.2. The van der Waals surface area contributed by atoms with E-state index in [-0.39, 0.29) is 0 Å². The normalized spacial score (nSPS) is 8.91. The summed E-state index contributed by atoms with van der Waals surface area (Å²) in [5.74, 6) is 0. The van der Waals surface area contributed by atoms with Gasteiger partial charge in [-0.15, -0.1) is 0 Å². The fourth-order valence-corrected chi connectivity index (χ4v) is 6.98. The van der Waals surface area contributed by atoms with Crippen LogP contribution in [0.5, 0.6) is 0 Å². The summed E-state index contributed by atoms with van der Waals surface area (Å²) in [7, 11) is 0. The second-order valence-electron chi connectivity index (χ2n) is 12.5. The average Bonchev–Trinajstić information content (AvgIpc) is 3.46. The highest BCUT2D eigenvalue weighted by molar-refractivity contribution is 6.21. The van der Waals surface area contributed by atoms with Crippen LogP contribution < -0.4 is 0 Å². The topological polar surface area (TPSA) is 0 Å². The first-order valence-electron chi connectivity index (χ1n) is 25.2. The van der Waals surface area contributed by atoms with Gasteiger partial charge in [-0.2, -0.15) is 0 Å². The van der Waals surface area contributed by atoms with Gasteiger partial charge in [0.1, 0.15) is 0 Å². The second kappa shape index (κ2) is 37.8. The molecule has 0 spiro atoms. The highest BCUT2D eigenvalue weighted by Gasteiger charge is 2.15. The van der Waals surface area contributed by atoms with E-state index in [1.165, 1.54) is 77.2 Å². The van der Waals surface area contributed by atoms with Crippen molar-refractivity contribution in [1.82, 2.24) is 0 Å². The van der Waals surface area contributed by atoms with E-state index in [4.69, 9.17) is 0 Å². The van der Waals surface area contributed by atoms with Gasteiger partial charge in [0.25, 0.3) is 0 Å². The number of fused-ring (bicyclic) bond motifs is 2. The Morgan fingerprint density at radius 3 is 0.485 bits per heavy atom. The van der Waals surface area contributed by atoms with Crippen molar-refractivity contribution in [3.05, 3.63) is 218 Å². The Morgan fingerprint density at radius 1 is 0.152 bits per heavy atom. The van der Waals surface area contributed by atoms with Gasteiger partial charge in [0.2, 0.25) is 0 Å². The van der Waals surface area contributed by atoms with Crippen molar-refractivity contribution in [2.24, 2.45) is 0 Å². The first-order chi connectivity index (χ1) is 32.8. The van der Waals surface area contributed by atoms with Crippen molar-refractivity contribution in [3.8, 4) is 55.6 Å². The van der Waals surface area contributed by atoms with Gasteiger partial charge in [0.05, 0.1) is 0 Å². The van der Waals surface area contributed by atoms with Crippen LogP contribution in [-0.2, 0) is 0 Å². The van der Waals surface area contributed by atoms with Crippen molar-refractivity contribution in [2.75, 3.05) is 0 Å². The van der Waals surface area contributed by atoms with Crippen LogP contribution in [0, 0.1) is 0 Å². The van der Waals surface area contributed by atoms with Crippen LogP contribution in [0.1, 0.15) is 111 Å². The highest BCUT2D eigenvalue weighted by Crippen LogP contribution is 2.43. The maximum Gasteiger partial charge on any atom is -0.00264 e. The molecule has 0 nitrogen and oxygen atoms in total. The molecular formula is C66H84. The molecule has 0 saturated heterocycles. The Labute approximate surface area is 404 Å². The lowest BCUT2D eigenvalue weighted by molar-refractivity contribution is 1.50. The van der Waals surface area contributed by atoms with Crippen LogP contribution in [0.25, 0.3) is 77.2 Å². The van der Waals surface area contributed by atoms with E-state index in [2.05, 4.69) is 218 Å². The van der Waals surface area contributed by atoms with E-state index >= 15 is 0 Å². The molecule has 0 saturated carbocycles. The fourth-order valence-electron chi connectivity index (χ4n) is 6.98. The first kappa shape index (κ1) is 59.5. The Bertz CT molecular complexity index is 2190. The lowest BCUT2D eigenvalue weighted by Gasteiger charge is -2.17. The van der Waals surface area contributed by atoms with Gasteiger partial charge in [0.15, 0.2) is 0 Å². The Kier molecular flexibility index (Phi) is 34.1. The lowest BCUT2D eigenvalue weighted by atomic mass is 9.86. The van der Waals surface area contributed by atoms with Crippen LogP contribution in [-0.4, -0.2) is 0 Å². The van der Waals surface area contributed by atoms with E-state index in [9.17, 15) is 0 Å². The maximum atomic E-state index is 2.27. The summed E-state index contributed by atoms with van der Waals surface area (Å²) >= 11 is 0. The Hall–Kier alpha value is -6.50. The zero-order valence-corrected chi connectivity index (χ0v) is 43.8. The van der Waals surface area contributed by atoms with Gasteiger partial charge in [-0.25, -0.2) is 0 Å². The van der Waals surface area contributed by atoms with Crippen LogP contribution in [0.3, 0.4) is 0 Å². The maximum absolute atomic E-state index is 2.27. The zero-order chi connectivity index (χ0) is 49.5. The van der Waals surface area contributed by atoms with Crippen LogP contribution >= 0.6 is 0 Å². The van der Waals surface area contributed by atoms with Gasteiger partial charge in [-0.3, -0.25) is 0 Å². The van der Waals surface area contributed by atoms with Crippen molar-refractivity contribution in [1.29, 1.82) is 0 Å². The SMILES string of the molecule is CC.CC.CC.CC.CC.CC.CC.CC.c1ccc(-c2c3ccccc3c(-c3ccccc3)c3ccccc23)cc1.c1ccc(-c2cc(-c3ccccc3)cc(-c3ccccc3)c2)cc1. The van der Waals surface area contributed by atoms with E-state index in [1.807, 2.05) is 111 Å². The first-order valence-corrected chi connectivity index (χ1v) is 25.2. The molecule has 0 bridgehead atoms. The third kappa shape index (κ3) is 17.1. The molecule has 0 aliphatic carbocycles. The molecule has 0 amide bonds. The molecule has 9 rings (SSSR count). The molecule has 66 heavy (non-hydrogen) atoms. The minimum atomic E-state index is 1.24. The molecule has 9 aromatic rings. The number of benzene rings is 9. The smallest absolute Gasteiger partial charge is 0.00264 e. The molecule has 0 aliphatic heterocycles. The quantitative estimate of drug-likeness (QED) is 0.151. The second-order valence-corrected chi connectivity index (χ2v) is 12.5. The predicted octanol–water partition coefficient (Wildman–Crippen LogP) is 22.2. The summed E-state index contributed by atoms with van der Waals surface area (Å²) in [4.78, 5) is 0. The van der Waals surface area contributed by atoms with Crippen molar-refractivity contribution >= 4 is 21.5 Å². The molecular weight excluding hydrogens is 793 g/mol. The van der Waals surface area contributed by atoms with E-state index in [0.717, 1.165) is 0 Å². The van der Waals surface area contributed by atoms with E-state index < -0.39 is 0 Å². The molecule has 9 aromatic carbocycles. The van der Waals surface area contributed by atoms with E-state index in [1.54, 1.807) is 0 Å². The van der Waals surface area contributed by atoms with Crippen molar-refractivity contribution in [2.45, 2.75) is 111 Å². The molecule has 0 N–H and O–H groups in total. The Balaban J connectivity index is 0.000000987. The molecule has 0 fully saturated rings. The molecule has 0 unspecified atom stereocenters. The summed E-state index contributed by atoms with van der Waals surface area (Å²) < 4.78 is 0. The summed E-state index contributed by atoms with van der Waals surface area (Å²) in [6, 6.07) is 77.5. The van der Waals surface area contributed by atoms with Crippen LogP contribution in [0.4, 0.5) is 0 Å². The zero-order valence-electron chi connectivity index (χ0n) is 43.8. The van der Waals surface area contributed by atoms with Crippen molar-refractivity contribution in [3.63, 3.8) is 0 Å². The number of rotatable bonds is 5. The Morgan fingerprint density at radius 2 is 0.303 bits per heavy atom. The third-order valence-electron chi connectivity index (χ3n) is 9.31. The number of hydrogen-bond donors (Lipinski definition) is 0. The predicted molar refractivity (Wildman–Crippen MR) is 306 cm³/mol. The molecule has 0 aromatic heterocycles. The standard InChI is InChI=1S/C26H18.C24H18.8C2H6/c1-3-11-19(12-4-1)25-21-15-7-9-17-23(21)26(20-13-5-2-6-14-20)24-18-10-8-16-22(24)25;1-4-10-19(11-5-1)22-16-23(20-12-6-2-7-13-20)18-24(17-22)21-14-8-3-9-15-21;8*1-2/h1-18H;1-18H;8*1-2H3. The van der Waals surface area contributed by atoms with Gasteiger partial charge in [0, 0.05) is 0 Å². The van der Waals surface area contributed by atoms with Gasteiger partial charge in [-0.1, -0.05) is 311 Å². The molecule has 348 valence electrons. The van der Waals surface area contributed by atoms with Crippen LogP contribution in [0.15, 0.2) is 218 Å². The molecule has 0 radical (unpaired) electrons. The van der Waals surface area contributed by atoms with Gasteiger partial charge >= 0.3 is 0 Å². The molecule has 0 heterocycles. The summed E-state index contributed by atoms with van der Waals surface area (Å²) in [5, 5.41) is 5.21. The summed E-state index contributed by atoms with van der Waals surface area (Å²) in [5.41, 5.74) is 12.6. The molecule has 0 aliphatic rings. The fraction of sp³-hybridized carbons (Fsp3) is 0.242. The van der Waals surface area contributed by atoms with Gasteiger partial charge < -0.3 is 0 Å². The van der Waals surface area contributed by atoms with E-state index in [0.29, 0.717) is 0 Å². The number of hydrogen-bond acceptors (Lipinski definition) is 0. The largest absolute Gasteiger partial charge is 0.0683 e. The van der Waals surface area contributed by atoms with Crippen LogP contribution in [0.2, 0.25) is 0 Å².